The molecule has 0 bridgehead atoms. The van der Waals surface area contributed by atoms with Gasteiger partial charge < -0.3 is 9.05 Å². The molecule has 0 atom stereocenters. The van der Waals surface area contributed by atoms with Gasteiger partial charge in [0.05, 0.1) is 20.9 Å². The number of nitrogens with zero attached hydrogens (tertiary/aromatic N) is 2. The van der Waals surface area contributed by atoms with Crippen molar-refractivity contribution in [2.45, 2.75) is 36.0 Å². The minimum absolute atomic E-state index is 0.00573. The Kier molecular flexibility index (Phi) is 10.5. The summed E-state index contributed by atoms with van der Waals surface area (Å²) in [6, 6.07) is 23.5. The van der Waals surface area contributed by atoms with Crippen molar-refractivity contribution in [3.05, 3.63) is 132 Å². The highest BCUT2D eigenvalue weighted by Gasteiger charge is 2.33. The van der Waals surface area contributed by atoms with Gasteiger partial charge in [0.1, 0.15) is 11.5 Å². The standard InChI is InChI=1S/2C17H13F3N2O3S/c1-11-10-16(21-25-11)22-26(23,24)15-8-4-13(5-9-15)12-2-6-14(7-3-12)17(18,19)20;1-11-10-16(21-25-11)22-26(23,24)13-8-6-12(7-9-13)14-4-2-3-5-15(14)17(18,19)20/h2*2-10H,1H3,(H,21,22). The lowest BCUT2D eigenvalue weighted by Crippen LogP contribution is -2.13. The van der Waals surface area contributed by atoms with Gasteiger partial charge in [0, 0.05) is 12.1 Å². The van der Waals surface area contributed by atoms with E-state index in [1.807, 2.05) is 0 Å². The molecule has 0 radical (unpaired) electrons. The topological polar surface area (TPSA) is 144 Å². The van der Waals surface area contributed by atoms with E-state index in [4.69, 9.17) is 9.05 Å². The van der Waals surface area contributed by atoms with Crippen LogP contribution < -0.4 is 9.44 Å². The zero-order chi connectivity index (χ0) is 37.9. The van der Waals surface area contributed by atoms with Gasteiger partial charge in [-0.25, -0.2) is 16.8 Å². The van der Waals surface area contributed by atoms with Crippen LogP contribution in [0.25, 0.3) is 22.3 Å². The van der Waals surface area contributed by atoms with Crippen LogP contribution in [-0.2, 0) is 32.4 Å². The molecule has 4 aromatic carbocycles. The molecule has 0 fully saturated rings. The van der Waals surface area contributed by atoms with E-state index >= 15 is 0 Å². The molecule has 2 N–H and O–H groups in total. The van der Waals surface area contributed by atoms with E-state index in [0.717, 1.165) is 18.2 Å². The van der Waals surface area contributed by atoms with Crippen molar-refractivity contribution in [2.24, 2.45) is 0 Å². The summed E-state index contributed by atoms with van der Waals surface area (Å²) in [6.07, 6.45) is -8.91. The molecule has 0 aliphatic rings. The molecule has 10 nitrogen and oxygen atoms in total. The molecule has 6 rings (SSSR count). The minimum atomic E-state index is -4.51. The normalized spacial score (nSPS) is 12.2. The Balaban J connectivity index is 0.000000201. The van der Waals surface area contributed by atoms with Crippen LogP contribution in [0.5, 0.6) is 0 Å². The van der Waals surface area contributed by atoms with Gasteiger partial charge in [0.2, 0.25) is 0 Å². The molecule has 0 spiro atoms. The van der Waals surface area contributed by atoms with Crippen LogP contribution >= 0.6 is 0 Å². The quantitative estimate of drug-likeness (QED) is 0.146. The van der Waals surface area contributed by atoms with Crippen molar-refractivity contribution in [3.8, 4) is 22.3 Å². The highest BCUT2D eigenvalue weighted by atomic mass is 32.2. The van der Waals surface area contributed by atoms with E-state index in [9.17, 15) is 43.2 Å². The summed E-state index contributed by atoms with van der Waals surface area (Å²) in [6.45, 7) is 3.24. The molecule has 18 heteroatoms. The molecule has 6 aromatic rings. The van der Waals surface area contributed by atoms with Crippen LogP contribution in [-0.4, -0.2) is 27.1 Å². The van der Waals surface area contributed by atoms with Gasteiger partial charge in [0.25, 0.3) is 20.0 Å². The highest BCUT2D eigenvalue weighted by Crippen LogP contribution is 2.37. The fourth-order valence-electron chi connectivity index (χ4n) is 4.70. The predicted molar refractivity (Wildman–Crippen MR) is 178 cm³/mol. The van der Waals surface area contributed by atoms with Gasteiger partial charge in [-0.3, -0.25) is 9.44 Å². The molecular weight excluding hydrogens is 739 g/mol. The molecule has 0 saturated carbocycles. The first-order chi connectivity index (χ1) is 24.3. The zero-order valence-electron chi connectivity index (χ0n) is 26.8. The number of hydrogen-bond acceptors (Lipinski definition) is 8. The molecule has 0 saturated heterocycles. The molecular formula is C34H26F6N4O6S2. The summed E-state index contributed by atoms with van der Waals surface area (Å²) < 4.78 is 140. The predicted octanol–water partition coefficient (Wildman–Crippen LogP) is 8.94. The minimum Gasteiger partial charge on any atom is -0.360 e. The Morgan fingerprint density at radius 2 is 0.942 bits per heavy atom. The smallest absolute Gasteiger partial charge is 0.360 e. The summed E-state index contributed by atoms with van der Waals surface area (Å²) >= 11 is 0. The van der Waals surface area contributed by atoms with E-state index < -0.39 is 43.5 Å². The first kappa shape index (κ1) is 37.6. The van der Waals surface area contributed by atoms with Gasteiger partial charge in [-0.15, -0.1) is 0 Å². The maximum atomic E-state index is 13.1. The number of nitrogens with one attached hydrogen (secondary N) is 2. The number of rotatable bonds is 8. The lowest BCUT2D eigenvalue weighted by molar-refractivity contribution is -0.138. The summed E-state index contributed by atoms with van der Waals surface area (Å²) in [5, 5.41) is 7.10. The average molecular weight is 765 g/mol. The van der Waals surface area contributed by atoms with Crippen molar-refractivity contribution < 1.29 is 52.2 Å². The molecule has 52 heavy (non-hydrogen) atoms. The Morgan fingerprint density at radius 1 is 0.538 bits per heavy atom. The molecule has 0 aliphatic heterocycles. The average Bonchev–Trinajstić information content (AvgIpc) is 3.69. The second-order valence-electron chi connectivity index (χ2n) is 11.0. The van der Waals surface area contributed by atoms with E-state index in [1.54, 1.807) is 13.8 Å². The van der Waals surface area contributed by atoms with Gasteiger partial charge in [0.15, 0.2) is 11.6 Å². The lowest BCUT2D eigenvalue weighted by Gasteiger charge is -2.13. The maximum absolute atomic E-state index is 13.1. The first-order valence-corrected chi connectivity index (χ1v) is 17.8. The van der Waals surface area contributed by atoms with Crippen molar-refractivity contribution >= 4 is 31.7 Å². The fourth-order valence-corrected chi connectivity index (χ4v) is 6.66. The number of alkyl halides is 6. The number of benzene rings is 4. The largest absolute Gasteiger partial charge is 0.417 e. The Labute approximate surface area is 293 Å². The number of hydrogen-bond donors (Lipinski definition) is 2. The Morgan fingerprint density at radius 3 is 1.33 bits per heavy atom. The van der Waals surface area contributed by atoms with E-state index in [2.05, 4.69) is 19.8 Å². The lowest BCUT2D eigenvalue weighted by atomic mass is 9.99. The van der Waals surface area contributed by atoms with Crippen LogP contribution in [0.15, 0.2) is 128 Å². The molecule has 2 heterocycles. The number of aromatic nitrogens is 2. The van der Waals surface area contributed by atoms with E-state index in [-0.39, 0.29) is 32.6 Å². The number of aryl methyl sites for hydroxylation is 2. The van der Waals surface area contributed by atoms with Gasteiger partial charge in [-0.2, -0.15) is 26.3 Å². The van der Waals surface area contributed by atoms with E-state index in [0.29, 0.717) is 22.6 Å². The monoisotopic (exact) mass is 764 g/mol. The van der Waals surface area contributed by atoms with Gasteiger partial charge in [-0.05, 0) is 78.6 Å². The second-order valence-corrected chi connectivity index (χ2v) is 14.4. The van der Waals surface area contributed by atoms with Crippen LogP contribution in [0.3, 0.4) is 0 Å². The zero-order valence-corrected chi connectivity index (χ0v) is 28.5. The fraction of sp³-hybridized carbons (Fsp3) is 0.118. The van der Waals surface area contributed by atoms with Crippen molar-refractivity contribution in [2.75, 3.05) is 9.44 Å². The molecule has 0 amide bonds. The SMILES string of the molecule is Cc1cc(NS(=O)(=O)c2ccc(-c3ccc(C(F)(F)F)cc3)cc2)no1.Cc1cc(NS(=O)(=O)c2ccc(-c3ccccc3C(F)(F)F)cc2)no1. The number of sulfonamides is 2. The summed E-state index contributed by atoms with van der Waals surface area (Å²) in [4.78, 5) is -0.111. The van der Waals surface area contributed by atoms with Crippen molar-refractivity contribution in [1.29, 1.82) is 0 Å². The molecule has 2 aromatic heterocycles. The number of anilines is 2. The molecule has 0 aliphatic carbocycles. The summed E-state index contributed by atoms with van der Waals surface area (Å²) in [7, 11) is -7.78. The Bertz CT molecular complexity index is 2370. The van der Waals surface area contributed by atoms with Crippen molar-refractivity contribution in [3.63, 3.8) is 0 Å². The summed E-state index contributed by atoms with van der Waals surface area (Å²) in [5.74, 6) is 0.977. The van der Waals surface area contributed by atoms with Crippen LogP contribution in [0.4, 0.5) is 38.0 Å². The van der Waals surface area contributed by atoms with Crippen LogP contribution in [0.2, 0.25) is 0 Å². The Hall–Kier alpha value is -5.62. The highest BCUT2D eigenvalue weighted by molar-refractivity contribution is 7.93. The van der Waals surface area contributed by atoms with E-state index in [1.165, 1.54) is 91.0 Å². The maximum Gasteiger partial charge on any atom is 0.417 e. The van der Waals surface area contributed by atoms with Crippen molar-refractivity contribution in [1.82, 2.24) is 10.3 Å². The molecule has 272 valence electrons. The van der Waals surface area contributed by atoms with Gasteiger partial charge in [-0.1, -0.05) is 64.9 Å². The third-order valence-electron chi connectivity index (χ3n) is 7.15. The first-order valence-electron chi connectivity index (χ1n) is 14.8. The summed E-state index contributed by atoms with van der Waals surface area (Å²) in [5.41, 5.74) is -0.158. The van der Waals surface area contributed by atoms with Gasteiger partial charge >= 0.3 is 12.4 Å². The third-order valence-corrected chi connectivity index (χ3v) is 9.89. The third kappa shape index (κ3) is 9.18. The second kappa shape index (κ2) is 14.5. The van der Waals surface area contributed by atoms with Crippen LogP contribution in [0, 0.1) is 13.8 Å². The van der Waals surface area contributed by atoms with Crippen LogP contribution in [0.1, 0.15) is 22.6 Å². The number of halogens is 6. The molecule has 0 unspecified atom stereocenters.